The van der Waals surface area contributed by atoms with Gasteiger partial charge < -0.3 is 10.2 Å². The minimum Gasteiger partial charge on any atom is -0.350 e. The number of hydrogen-bond donors (Lipinski definition) is 1. The fraction of sp³-hybridized carbons (Fsp3) is 0.280. The smallest absolute Gasteiger partial charge is 0.244 e. The van der Waals surface area contributed by atoms with Gasteiger partial charge in [0, 0.05) is 42.5 Å². The van der Waals surface area contributed by atoms with Gasteiger partial charge in [-0.1, -0.05) is 55.5 Å². The van der Waals surface area contributed by atoms with Gasteiger partial charge in [-0.3, -0.25) is 4.79 Å². The topological polar surface area (TPSA) is 50.2 Å². The maximum atomic E-state index is 12.5. The van der Waals surface area contributed by atoms with Crippen molar-refractivity contribution >= 4 is 12.0 Å². The van der Waals surface area contributed by atoms with E-state index in [0.717, 1.165) is 55.0 Å². The van der Waals surface area contributed by atoms with Gasteiger partial charge in [0.1, 0.15) is 0 Å². The van der Waals surface area contributed by atoms with Crippen LogP contribution in [0.25, 0.3) is 23.0 Å². The molecule has 3 aromatic rings. The Bertz CT molecular complexity index is 987. The molecule has 0 saturated carbocycles. The summed E-state index contributed by atoms with van der Waals surface area (Å²) in [7, 11) is 0. The third-order valence-corrected chi connectivity index (χ3v) is 5.61. The van der Waals surface area contributed by atoms with Gasteiger partial charge in [-0.25, -0.2) is 4.68 Å². The summed E-state index contributed by atoms with van der Waals surface area (Å²) in [6.45, 7) is 5.36. The van der Waals surface area contributed by atoms with Crippen molar-refractivity contribution in [3.8, 4) is 16.9 Å². The Hall–Kier alpha value is -3.18. The van der Waals surface area contributed by atoms with Crippen molar-refractivity contribution < 1.29 is 4.79 Å². The summed E-state index contributed by atoms with van der Waals surface area (Å²) in [4.78, 5) is 14.9. The Morgan fingerprint density at radius 3 is 2.40 bits per heavy atom. The third-order valence-electron chi connectivity index (χ3n) is 5.61. The molecule has 0 bridgehead atoms. The van der Waals surface area contributed by atoms with Gasteiger partial charge in [0.25, 0.3) is 0 Å². The van der Waals surface area contributed by atoms with E-state index in [1.807, 2.05) is 77.6 Å². The second-order valence-corrected chi connectivity index (χ2v) is 7.63. The summed E-state index contributed by atoms with van der Waals surface area (Å²) < 4.78 is 1.86. The normalized spacial score (nSPS) is 15.5. The zero-order valence-electron chi connectivity index (χ0n) is 17.4. The quantitative estimate of drug-likeness (QED) is 0.633. The maximum Gasteiger partial charge on any atom is 0.244 e. The molecule has 0 radical (unpaired) electrons. The summed E-state index contributed by atoms with van der Waals surface area (Å²) in [5, 5.41) is 7.94. The molecule has 30 heavy (non-hydrogen) atoms. The largest absolute Gasteiger partial charge is 0.350 e. The molecule has 1 saturated heterocycles. The summed E-state index contributed by atoms with van der Waals surface area (Å²) in [5.41, 5.74) is 3.79. The van der Waals surface area contributed by atoms with Crippen molar-refractivity contribution in [2.45, 2.75) is 25.8 Å². The molecular formula is C25H28N4O. The summed E-state index contributed by atoms with van der Waals surface area (Å²) >= 11 is 0. The van der Waals surface area contributed by atoms with E-state index in [-0.39, 0.29) is 11.9 Å². The second-order valence-electron chi connectivity index (χ2n) is 7.63. The lowest BCUT2D eigenvalue weighted by atomic mass is 10.0. The lowest BCUT2D eigenvalue weighted by molar-refractivity contribution is -0.117. The van der Waals surface area contributed by atoms with E-state index in [1.54, 1.807) is 6.08 Å². The van der Waals surface area contributed by atoms with Crippen LogP contribution in [0.2, 0.25) is 0 Å². The minimum absolute atomic E-state index is 0.0450. The molecule has 4 rings (SSSR count). The zero-order chi connectivity index (χ0) is 20.8. The average Bonchev–Trinajstić information content (AvgIpc) is 3.24. The summed E-state index contributed by atoms with van der Waals surface area (Å²) in [6.07, 6.45) is 7.49. The average molecular weight is 401 g/mol. The van der Waals surface area contributed by atoms with Gasteiger partial charge in [-0.05, 0) is 37.6 Å². The molecular weight excluding hydrogens is 372 g/mol. The van der Waals surface area contributed by atoms with Crippen LogP contribution < -0.4 is 5.32 Å². The first kappa shape index (κ1) is 20.1. The first-order chi connectivity index (χ1) is 14.7. The van der Waals surface area contributed by atoms with E-state index >= 15 is 0 Å². The van der Waals surface area contributed by atoms with Crippen molar-refractivity contribution in [3.05, 3.63) is 78.5 Å². The molecule has 5 heteroatoms. The van der Waals surface area contributed by atoms with E-state index in [2.05, 4.69) is 17.1 Å². The molecule has 2 heterocycles. The number of hydrogen-bond acceptors (Lipinski definition) is 3. The number of benzene rings is 2. The highest BCUT2D eigenvalue weighted by Gasteiger charge is 2.19. The number of carbonyl (C=O) groups excluding carboxylic acids is 1. The number of nitrogens with one attached hydrogen (secondary N) is 1. The number of amides is 1. The Kier molecular flexibility index (Phi) is 6.40. The molecule has 0 aliphatic carbocycles. The molecule has 5 nitrogen and oxygen atoms in total. The van der Waals surface area contributed by atoms with Crippen molar-refractivity contribution in [3.63, 3.8) is 0 Å². The van der Waals surface area contributed by atoms with Crippen molar-refractivity contribution in [1.82, 2.24) is 20.0 Å². The van der Waals surface area contributed by atoms with E-state index in [4.69, 9.17) is 5.10 Å². The van der Waals surface area contributed by atoms with Gasteiger partial charge in [0.05, 0.1) is 11.4 Å². The molecule has 1 amide bonds. The SMILES string of the molecule is CCN1CCC(NC(=O)/C=C/c2cn(-c3ccccc3)nc2-c2ccccc2)CC1. The third kappa shape index (κ3) is 4.86. The molecule has 1 aromatic heterocycles. The lowest BCUT2D eigenvalue weighted by Crippen LogP contribution is -2.44. The molecule has 2 aromatic carbocycles. The van der Waals surface area contributed by atoms with Gasteiger partial charge in [0.15, 0.2) is 0 Å². The van der Waals surface area contributed by atoms with Crippen molar-refractivity contribution in [1.29, 1.82) is 0 Å². The van der Waals surface area contributed by atoms with Crippen LogP contribution >= 0.6 is 0 Å². The standard InChI is InChI=1S/C25H28N4O/c1-2-28-17-15-22(16-18-28)26-24(30)14-13-21-19-29(23-11-7-4-8-12-23)27-25(21)20-9-5-3-6-10-20/h3-14,19,22H,2,15-18H2,1H3,(H,26,30)/b14-13+. The van der Waals surface area contributed by atoms with Crippen LogP contribution in [0.1, 0.15) is 25.3 Å². The number of carbonyl (C=O) groups is 1. The van der Waals surface area contributed by atoms with Crippen LogP contribution in [-0.2, 0) is 4.79 Å². The number of rotatable bonds is 6. The molecule has 154 valence electrons. The zero-order valence-corrected chi connectivity index (χ0v) is 17.4. The van der Waals surface area contributed by atoms with Gasteiger partial charge >= 0.3 is 0 Å². The number of aromatic nitrogens is 2. The van der Waals surface area contributed by atoms with E-state index in [9.17, 15) is 4.79 Å². The van der Waals surface area contributed by atoms with Gasteiger partial charge in [-0.2, -0.15) is 5.10 Å². The van der Waals surface area contributed by atoms with E-state index in [1.165, 1.54) is 0 Å². The predicted octanol–water partition coefficient (Wildman–Crippen LogP) is 4.15. The summed E-state index contributed by atoms with van der Waals surface area (Å²) in [5.74, 6) is -0.0450. The molecule has 0 atom stereocenters. The van der Waals surface area contributed by atoms with Crippen molar-refractivity contribution in [2.75, 3.05) is 19.6 Å². The molecule has 1 N–H and O–H groups in total. The number of nitrogens with zero attached hydrogens (tertiary/aromatic N) is 3. The molecule has 1 aliphatic rings. The second kappa shape index (κ2) is 9.55. The van der Waals surface area contributed by atoms with Crippen molar-refractivity contribution in [2.24, 2.45) is 0 Å². The van der Waals surface area contributed by atoms with Crippen LogP contribution in [0.4, 0.5) is 0 Å². The highest BCUT2D eigenvalue weighted by Crippen LogP contribution is 2.24. The Morgan fingerprint density at radius 2 is 1.73 bits per heavy atom. The summed E-state index contributed by atoms with van der Waals surface area (Å²) in [6, 6.07) is 20.3. The van der Waals surface area contributed by atoms with Crippen LogP contribution in [-0.4, -0.2) is 46.3 Å². The Labute approximate surface area is 178 Å². The lowest BCUT2D eigenvalue weighted by Gasteiger charge is -2.31. The minimum atomic E-state index is -0.0450. The molecule has 0 spiro atoms. The van der Waals surface area contributed by atoms with Gasteiger partial charge in [-0.15, -0.1) is 0 Å². The molecule has 1 fully saturated rings. The van der Waals surface area contributed by atoms with Crippen LogP contribution in [0.5, 0.6) is 0 Å². The van der Waals surface area contributed by atoms with Crippen LogP contribution in [0, 0.1) is 0 Å². The van der Waals surface area contributed by atoms with Crippen LogP contribution in [0.15, 0.2) is 72.9 Å². The number of piperidine rings is 1. The maximum absolute atomic E-state index is 12.5. The fourth-order valence-electron chi connectivity index (χ4n) is 3.85. The van der Waals surface area contributed by atoms with Gasteiger partial charge in [0.2, 0.25) is 5.91 Å². The highest BCUT2D eigenvalue weighted by molar-refractivity contribution is 5.93. The number of likely N-dealkylation sites (tertiary alicyclic amines) is 1. The Balaban J connectivity index is 1.52. The van der Waals surface area contributed by atoms with Crippen LogP contribution in [0.3, 0.4) is 0 Å². The highest BCUT2D eigenvalue weighted by atomic mass is 16.1. The first-order valence-electron chi connectivity index (χ1n) is 10.6. The fourth-order valence-corrected chi connectivity index (χ4v) is 3.85. The monoisotopic (exact) mass is 400 g/mol. The predicted molar refractivity (Wildman–Crippen MR) is 121 cm³/mol. The molecule has 0 unspecified atom stereocenters. The number of para-hydroxylation sites is 1. The first-order valence-corrected chi connectivity index (χ1v) is 10.6. The Morgan fingerprint density at radius 1 is 1.07 bits per heavy atom. The van der Waals surface area contributed by atoms with E-state index < -0.39 is 0 Å². The molecule has 1 aliphatic heterocycles. The van der Waals surface area contributed by atoms with E-state index in [0.29, 0.717) is 0 Å².